The Bertz CT molecular complexity index is 303. The van der Waals surface area contributed by atoms with E-state index < -0.39 is 0 Å². The molecule has 0 saturated carbocycles. The summed E-state index contributed by atoms with van der Waals surface area (Å²) < 4.78 is 0. The van der Waals surface area contributed by atoms with Crippen LogP contribution in [0.25, 0.3) is 6.08 Å². The molecule has 1 rings (SSSR count). The van der Waals surface area contributed by atoms with Crippen LogP contribution in [-0.2, 0) is 0 Å². The summed E-state index contributed by atoms with van der Waals surface area (Å²) in [6.45, 7) is 1.85. The molecule has 0 spiro atoms. The number of hydrogen-bond acceptors (Lipinski definition) is 3. The third-order valence-electron chi connectivity index (χ3n) is 1.35. The van der Waals surface area contributed by atoms with Crippen molar-refractivity contribution in [1.82, 2.24) is 9.97 Å². The van der Waals surface area contributed by atoms with E-state index in [-0.39, 0.29) is 6.04 Å². The predicted molar refractivity (Wildman–Crippen MR) is 54.7 cm³/mol. The minimum Gasteiger partial charge on any atom is -0.325 e. The zero-order valence-corrected chi connectivity index (χ0v) is 8.55. The van der Waals surface area contributed by atoms with Crippen LogP contribution in [0.5, 0.6) is 0 Å². The summed E-state index contributed by atoms with van der Waals surface area (Å²) in [6, 6.07) is -0.0488. The summed E-state index contributed by atoms with van der Waals surface area (Å²) in [6.07, 6.45) is 4.81. The second kappa shape index (κ2) is 4.56. The van der Waals surface area contributed by atoms with Crippen LogP contribution >= 0.6 is 23.2 Å². The number of halogens is 2. The monoisotopic (exact) mass is 217 g/mol. The fourth-order valence-electron chi connectivity index (χ4n) is 0.740. The van der Waals surface area contributed by atoms with Gasteiger partial charge in [0.2, 0.25) is 0 Å². The maximum Gasteiger partial charge on any atom is 0.141 e. The van der Waals surface area contributed by atoms with E-state index in [2.05, 4.69) is 9.97 Å². The Hall–Kier alpha value is -0.640. The molecule has 5 heteroatoms. The number of hydrogen-bond donors (Lipinski definition) is 1. The highest BCUT2D eigenvalue weighted by atomic mass is 35.5. The van der Waals surface area contributed by atoms with E-state index >= 15 is 0 Å². The minimum absolute atomic E-state index is 0.0488. The van der Waals surface area contributed by atoms with Crippen LogP contribution in [0.1, 0.15) is 12.5 Å². The Labute approximate surface area is 86.6 Å². The molecule has 0 aliphatic carbocycles. The van der Waals surface area contributed by atoms with Crippen LogP contribution < -0.4 is 5.73 Å². The van der Waals surface area contributed by atoms with E-state index in [4.69, 9.17) is 28.9 Å². The molecular weight excluding hydrogens is 209 g/mol. The molecule has 0 amide bonds. The van der Waals surface area contributed by atoms with E-state index in [1.165, 1.54) is 6.33 Å². The van der Waals surface area contributed by atoms with Crippen LogP contribution in [0.3, 0.4) is 0 Å². The van der Waals surface area contributed by atoms with Crippen molar-refractivity contribution in [1.29, 1.82) is 0 Å². The number of nitrogens with zero attached hydrogens (tertiary/aromatic N) is 2. The molecule has 0 saturated heterocycles. The molecule has 1 heterocycles. The second-order valence-corrected chi connectivity index (χ2v) is 3.30. The van der Waals surface area contributed by atoms with Gasteiger partial charge in [0.1, 0.15) is 16.6 Å². The number of aromatic nitrogens is 2. The van der Waals surface area contributed by atoms with Crippen LogP contribution in [-0.4, -0.2) is 16.0 Å². The van der Waals surface area contributed by atoms with Crippen molar-refractivity contribution in [2.75, 3.05) is 0 Å². The molecular formula is C8H9Cl2N3. The SMILES string of the molecule is CC(N)/C=C/c1c(Cl)ncnc1Cl. The van der Waals surface area contributed by atoms with Crippen molar-refractivity contribution in [3.05, 3.63) is 28.3 Å². The zero-order chi connectivity index (χ0) is 9.84. The average molecular weight is 218 g/mol. The third kappa shape index (κ3) is 2.95. The first-order valence-corrected chi connectivity index (χ1v) is 4.46. The summed E-state index contributed by atoms with van der Waals surface area (Å²) in [4.78, 5) is 7.59. The number of nitrogens with two attached hydrogens (primary N) is 1. The Balaban J connectivity index is 3.00. The molecule has 2 N–H and O–H groups in total. The lowest BCUT2D eigenvalue weighted by Gasteiger charge is -1.99. The number of rotatable bonds is 2. The highest BCUT2D eigenvalue weighted by molar-refractivity contribution is 6.35. The summed E-state index contributed by atoms with van der Waals surface area (Å²) in [5, 5.41) is 0.661. The molecule has 1 atom stereocenters. The van der Waals surface area contributed by atoms with Gasteiger partial charge in [0, 0.05) is 11.6 Å². The van der Waals surface area contributed by atoms with E-state index in [9.17, 15) is 0 Å². The molecule has 3 nitrogen and oxygen atoms in total. The molecule has 0 aliphatic rings. The van der Waals surface area contributed by atoms with E-state index in [0.717, 1.165) is 0 Å². The maximum absolute atomic E-state index is 5.79. The Morgan fingerprint density at radius 1 is 1.38 bits per heavy atom. The average Bonchev–Trinajstić information content (AvgIpc) is 2.03. The van der Waals surface area contributed by atoms with E-state index in [1.54, 1.807) is 12.2 Å². The summed E-state index contributed by atoms with van der Waals surface area (Å²) in [7, 11) is 0. The fourth-order valence-corrected chi connectivity index (χ4v) is 1.18. The second-order valence-electron chi connectivity index (χ2n) is 2.59. The molecule has 1 aromatic rings. The van der Waals surface area contributed by atoms with Gasteiger partial charge in [0.15, 0.2) is 0 Å². The minimum atomic E-state index is -0.0488. The molecule has 13 heavy (non-hydrogen) atoms. The van der Waals surface area contributed by atoms with Crippen molar-refractivity contribution in [2.45, 2.75) is 13.0 Å². The van der Waals surface area contributed by atoms with Gasteiger partial charge >= 0.3 is 0 Å². The van der Waals surface area contributed by atoms with Gasteiger partial charge < -0.3 is 5.73 Å². The first-order valence-electron chi connectivity index (χ1n) is 3.71. The van der Waals surface area contributed by atoms with Gasteiger partial charge in [-0.15, -0.1) is 0 Å². The van der Waals surface area contributed by atoms with E-state index in [0.29, 0.717) is 15.9 Å². The quantitative estimate of drug-likeness (QED) is 0.773. The van der Waals surface area contributed by atoms with Gasteiger partial charge in [0.25, 0.3) is 0 Å². The predicted octanol–water partition coefficient (Wildman–Crippen LogP) is 2.14. The standard InChI is InChI=1S/C8H9Cl2N3/c1-5(11)2-3-6-7(9)12-4-13-8(6)10/h2-5H,11H2,1H3/b3-2+. The third-order valence-corrected chi connectivity index (χ3v) is 1.96. The van der Waals surface area contributed by atoms with Gasteiger partial charge in [-0.2, -0.15) is 0 Å². The Morgan fingerprint density at radius 3 is 2.38 bits per heavy atom. The molecule has 0 radical (unpaired) electrons. The fraction of sp³-hybridized carbons (Fsp3) is 0.250. The van der Waals surface area contributed by atoms with Crippen LogP contribution in [0.15, 0.2) is 12.4 Å². The molecule has 70 valence electrons. The summed E-state index contributed by atoms with van der Waals surface area (Å²) in [5.41, 5.74) is 6.13. The van der Waals surface area contributed by atoms with Gasteiger partial charge in [-0.25, -0.2) is 9.97 Å². The summed E-state index contributed by atoms with van der Waals surface area (Å²) >= 11 is 11.6. The van der Waals surface area contributed by atoms with Crippen molar-refractivity contribution in [2.24, 2.45) is 5.73 Å². The van der Waals surface area contributed by atoms with Crippen molar-refractivity contribution in [3.63, 3.8) is 0 Å². The normalized spacial score (nSPS) is 13.5. The molecule has 0 aliphatic heterocycles. The highest BCUT2D eigenvalue weighted by Crippen LogP contribution is 2.20. The lowest BCUT2D eigenvalue weighted by atomic mass is 10.2. The lowest BCUT2D eigenvalue weighted by Crippen LogP contribution is -2.10. The highest BCUT2D eigenvalue weighted by Gasteiger charge is 2.03. The van der Waals surface area contributed by atoms with Gasteiger partial charge in [0.05, 0.1) is 0 Å². The van der Waals surface area contributed by atoms with Crippen LogP contribution in [0.4, 0.5) is 0 Å². The van der Waals surface area contributed by atoms with Crippen molar-refractivity contribution < 1.29 is 0 Å². The smallest absolute Gasteiger partial charge is 0.141 e. The van der Waals surface area contributed by atoms with Crippen LogP contribution in [0.2, 0.25) is 10.3 Å². The summed E-state index contributed by atoms with van der Waals surface area (Å²) in [5.74, 6) is 0. The van der Waals surface area contributed by atoms with Gasteiger partial charge in [-0.1, -0.05) is 35.4 Å². The van der Waals surface area contributed by atoms with Crippen molar-refractivity contribution >= 4 is 29.3 Å². The van der Waals surface area contributed by atoms with Crippen molar-refractivity contribution in [3.8, 4) is 0 Å². The molecule has 1 unspecified atom stereocenters. The first-order chi connectivity index (χ1) is 6.11. The molecule has 0 bridgehead atoms. The maximum atomic E-state index is 5.79. The largest absolute Gasteiger partial charge is 0.325 e. The van der Waals surface area contributed by atoms with Gasteiger partial charge in [-0.3, -0.25) is 0 Å². The molecule has 1 aromatic heterocycles. The Morgan fingerprint density at radius 2 is 1.92 bits per heavy atom. The molecule has 0 aromatic carbocycles. The molecule has 0 fully saturated rings. The topological polar surface area (TPSA) is 51.8 Å². The van der Waals surface area contributed by atoms with E-state index in [1.807, 2.05) is 6.92 Å². The Kier molecular flexibility index (Phi) is 3.66. The first kappa shape index (κ1) is 10.4. The zero-order valence-electron chi connectivity index (χ0n) is 7.04. The van der Waals surface area contributed by atoms with Crippen LogP contribution in [0, 0.1) is 0 Å². The lowest BCUT2D eigenvalue weighted by molar-refractivity contribution is 0.930. The van der Waals surface area contributed by atoms with Gasteiger partial charge in [-0.05, 0) is 6.92 Å².